The first-order valence-electron chi connectivity index (χ1n) is 12.9. The van der Waals surface area contributed by atoms with E-state index < -0.39 is 6.04 Å². The summed E-state index contributed by atoms with van der Waals surface area (Å²) in [6.07, 6.45) is 1.97. The van der Waals surface area contributed by atoms with E-state index in [2.05, 4.69) is 4.90 Å². The second kappa shape index (κ2) is 12.5. The molecule has 2 aliphatic rings. The van der Waals surface area contributed by atoms with E-state index in [1.54, 1.807) is 37.7 Å². The van der Waals surface area contributed by atoms with E-state index in [1.807, 2.05) is 35.7 Å². The van der Waals surface area contributed by atoms with Crippen molar-refractivity contribution < 1.29 is 28.2 Å². The van der Waals surface area contributed by atoms with Crippen molar-refractivity contribution in [3.05, 3.63) is 70.3 Å². The molecule has 2 aliphatic heterocycles. The molecule has 0 saturated carbocycles. The zero-order valence-electron chi connectivity index (χ0n) is 22.1. The van der Waals surface area contributed by atoms with Gasteiger partial charge in [-0.3, -0.25) is 14.5 Å². The van der Waals surface area contributed by atoms with Crippen LogP contribution in [0.15, 0.2) is 63.6 Å². The second-order valence-electron chi connectivity index (χ2n) is 9.25. The van der Waals surface area contributed by atoms with Crippen molar-refractivity contribution in [2.24, 2.45) is 5.10 Å². The molecule has 1 atom stereocenters. The molecule has 39 heavy (non-hydrogen) atoms. The number of thiophene rings is 1. The van der Waals surface area contributed by atoms with Gasteiger partial charge in [0.1, 0.15) is 18.0 Å². The normalized spacial score (nSPS) is 17.6. The smallest absolute Gasteiger partial charge is 0.290 e. The minimum Gasteiger partial charge on any atom is -0.497 e. The number of hydrogen-bond acceptors (Lipinski definition) is 9. The molecule has 1 aromatic carbocycles. The molecule has 0 N–H and O–H groups in total. The number of rotatable bonds is 10. The summed E-state index contributed by atoms with van der Waals surface area (Å²) in [5.41, 5.74) is 1.60. The lowest BCUT2D eigenvalue weighted by atomic mass is 9.99. The quantitative estimate of drug-likeness (QED) is 0.380. The Morgan fingerprint density at radius 3 is 2.67 bits per heavy atom. The van der Waals surface area contributed by atoms with Crippen LogP contribution in [0.5, 0.6) is 11.5 Å². The molecule has 5 rings (SSSR count). The first-order valence-corrected chi connectivity index (χ1v) is 13.7. The third-order valence-corrected chi connectivity index (χ3v) is 7.82. The molecular weight excluding hydrogens is 520 g/mol. The largest absolute Gasteiger partial charge is 0.497 e. The monoisotopic (exact) mass is 552 g/mol. The second-order valence-corrected chi connectivity index (χ2v) is 10.2. The maximum Gasteiger partial charge on any atom is 0.290 e. The minimum absolute atomic E-state index is 0.145. The average molecular weight is 553 g/mol. The van der Waals surface area contributed by atoms with Crippen LogP contribution in [-0.4, -0.2) is 92.5 Å². The maximum atomic E-state index is 13.9. The van der Waals surface area contributed by atoms with Gasteiger partial charge < -0.3 is 23.5 Å². The van der Waals surface area contributed by atoms with Crippen molar-refractivity contribution in [2.45, 2.75) is 12.5 Å². The number of hydrazone groups is 1. The van der Waals surface area contributed by atoms with Gasteiger partial charge in [-0.25, -0.2) is 5.01 Å². The Morgan fingerprint density at radius 1 is 1.13 bits per heavy atom. The Balaban J connectivity index is 1.42. The third kappa shape index (κ3) is 6.16. The van der Waals surface area contributed by atoms with Crippen LogP contribution in [0.1, 0.15) is 33.5 Å². The fraction of sp³-hybridized carbons (Fsp3) is 0.393. The lowest BCUT2D eigenvalue weighted by Crippen LogP contribution is -2.46. The number of morpholine rings is 1. The molecule has 10 nitrogen and oxygen atoms in total. The summed E-state index contributed by atoms with van der Waals surface area (Å²) in [7, 11) is 3.20. The Bertz CT molecular complexity index is 1290. The van der Waals surface area contributed by atoms with Crippen LogP contribution in [-0.2, 0) is 9.53 Å². The fourth-order valence-electron chi connectivity index (χ4n) is 4.81. The van der Waals surface area contributed by atoms with Crippen molar-refractivity contribution >= 4 is 28.9 Å². The van der Waals surface area contributed by atoms with Crippen LogP contribution >= 0.6 is 11.3 Å². The van der Waals surface area contributed by atoms with Crippen LogP contribution in [0.25, 0.3) is 0 Å². The number of amides is 2. The average Bonchev–Trinajstić information content (AvgIpc) is 3.77. The highest BCUT2D eigenvalue weighted by Gasteiger charge is 2.37. The van der Waals surface area contributed by atoms with Crippen molar-refractivity contribution in [1.29, 1.82) is 0 Å². The minimum atomic E-state index is -0.417. The van der Waals surface area contributed by atoms with Crippen LogP contribution in [0.2, 0.25) is 0 Å². The summed E-state index contributed by atoms with van der Waals surface area (Å²) in [6.45, 7) is 3.73. The fourth-order valence-corrected chi connectivity index (χ4v) is 5.53. The Labute approximate surface area is 231 Å². The molecular formula is C28H32N4O6S. The van der Waals surface area contributed by atoms with Gasteiger partial charge in [-0.2, -0.15) is 5.10 Å². The molecule has 2 amide bonds. The van der Waals surface area contributed by atoms with Gasteiger partial charge in [-0.1, -0.05) is 6.07 Å². The maximum absolute atomic E-state index is 13.9. The van der Waals surface area contributed by atoms with Crippen LogP contribution in [0.3, 0.4) is 0 Å². The SMILES string of the molecule is COc1ccc(OC)c(C2CC(c3cccs3)=NN2C(=O)CN(CCN2CCOCC2)C(=O)c2ccco2)c1. The highest BCUT2D eigenvalue weighted by Crippen LogP contribution is 2.39. The van der Waals surface area contributed by atoms with Gasteiger partial charge in [-0.15, -0.1) is 11.3 Å². The lowest BCUT2D eigenvalue weighted by molar-refractivity contribution is -0.133. The van der Waals surface area contributed by atoms with E-state index in [-0.39, 0.29) is 24.1 Å². The molecule has 11 heteroatoms. The molecule has 4 heterocycles. The molecule has 0 radical (unpaired) electrons. The molecule has 2 aromatic heterocycles. The molecule has 0 aliphatic carbocycles. The van der Waals surface area contributed by atoms with Gasteiger partial charge >= 0.3 is 0 Å². The summed E-state index contributed by atoms with van der Waals surface area (Å²) < 4.78 is 21.9. The highest BCUT2D eigenvalue weighted by atomic mass is 32.1. The number of benzene rings is 1. The van der Waals surface area contributed by atoms with E-state index in [9.17, 15) is 9.59 Å². The van der Waals surface area contributed by atoms with Gasteiger partial charge in [0.25, 0.3) is 11.8 Å². The number of nitrogens with zero attached hydrogens (tertiary/aromatic N) is 4. The third-order valence-electron chi connectivity index (χ3n) is 6.90. The first kappa shape index (κ1) is 26.9. The topological polar surface area (TPSA) is 97.0 Å². The summed E-state index contributed by atoms with van der Waals surface area (Å²) in [5, 5.41) is 8.24. The van der Waals surface area contributed by atoms with Crippen LogP contribution in [0.4, 0.5) is 0 Å². The number of ether oxygens (including phenoxy) is 3. The van der Waals surface area contributed by atoms with Gasteiger partial charge in [0.15, 0.2) is 5.76 Å². The van der Waals surface area contributed by atoms with Gasteiger partial charge in [-0.05, 0) is 41.8 Å². The number of methoxy groups -OCH3 is 2. The summed E-state index contributed by atoms with van der Waals surface area (Å²) in [5.74, 6) is 0.858. The van der Waals surface area contributed by atoms with Crippen molar-refractivity contribution in [3.8, 4) is 11.5 Å². The Hall–Kier alpha value is -3.67. The number of carbonyl (C=O) groups is 2. The Morgan fingerprint density at radius 2 is 1.97 bits per heavy atom. The first-order chi connectivity index (χ1) is 19.1. The number of furan rings is 1. The summed E-state index contributed by atoms with van der Waals surface area (Å²) in [6, 6.07) is 12.3. The molecule has 0 spiro atoms. The van der Waals surface area contributed by atoms with E-state index in [0.717, 1.165) is 29.2 Å². The van der Waals surface area contributed by atoms with Gasteiger partial charge in [0.2, 0.25) is 0 Å². The molecule has 1 fully saturated rings. The zero-order chi connectivity index (χ0) is 27.2. The molecule has 3 aromatic rings. The van der Waals surface area contributed by atoms with Crippen LogP contribution in [0, 0.1) is 0 Å². The van der Waals surface area contributed by atoms with E-state index in [1.165, 1.54) is 16.2 Å². The number of carbonyl (C=O) groups excluding carboxylic acids is 2. The highest BCUT2D eigenvalue weighted by molar-refractivity contribution is 7.12. The van der Waals surface area contributed by atoms with Crippen LogP contribution < -0.4 is 9.47 Å². The van der Waals surface area contributed by atoms with Crippen molar-refractivity contribution in [3.63, 3.8) is 0 Å². The van der Waals surface area contributed by atoms with Gasteiger partial charge in [0.05, 0.1) is 50.3 Å². The van der Waals surface area contributed by atoms with Crippen molar-refractivity contribution in [2.75, 3.05) is 60.2 Å². The summed E-state index contributed by atoms with van der Waals surface area (Å²) in [4.78, 5) is 32.0. The lowest BCUT2D eigenvalue weighted by Gasteiger charge is -2.31. The van der Waals surface area contributed by atoms with Crippen molar-refractivity contribution in [1.82, 2.24) is 14.8 Å². The zero-order valence-corrected chi connectivity index (χ0v) is 22.9. The van der Waals surface area contributed by atoms with E-state index in [4.69, 9.17) is 23.7 Å². The van der Waals surface area contributed by atoms with E-state index >= 15 is 0 Å². The van der Waals surface area contributed by atoms with E-state index in [0.29, 0.717) is 44.2 Å². The number of hydrogen-bond donors (Lipinski definition) is 0. The Kier molecular flexibility index (Phi) is 8.60. The van der Waals surface area contributed by atoms with Gasteiger partial charge in [0, 0.05) is 38.2 Å². The molecule has 0 bridgehead atoms. The molecule has 1 unspecified atom stereocenters. The standard InChI is InChI=1S/C28H32N4O6S/c1-35-20-7-8-24(36-2)21(17-20)23-18-22(26-6-4-16-39-26)29-32(23)27(33)19-31(28(34)25-5-3-13-38-25)10-9-30-11-14-37-15-12-30/h3-8,13,16-17,23H,9-12,14-15,18-19H2,1-2H3. The summed E-state index contributed by atoms with van der Waals surface area (Å²) >= 11 is 1.57. The molecule has 1 saturated heterocycles. The molecule has 206 valence electrons. The predicted molar refractivity (Wildman–Crippen MR) is 146 cm³/mol. The predicted octanol–water partition coefficient (Wildman–Crippen LogP) is 3.51.